The van der Waals surface area contributed by atoms with E-state index >= 15 is 0 Å². The van der Waals surface area contributed by atoms with Gasteiger partial charge in [0.15, 0.2) is 0 Å². The van der Waals surface area contributed by atoms with E-state index in [0.717, 1.165) is 0 Å². The summed E-state index contributed by atoms with van der Waals surface area (Å²) in [6.45, 7) is 0. The predicted molar refractivity (Wildman–Crippen MR) is 18.4 cm³/mol. The van der Waals surface area contributed by atoms with E-state index in [0.29, 0.717) is 0 Å². The third-order valence-electron chi connectivity index (χ3n) is 0.0638. The van der Waals surface area contributed by atoms with Crippen molar-refractivity contribution >= 4 is 17.1 Å². The summed E-state index contributed by atoms with van der Waals surface area (Å²) in [5.74, 6) is 0. The van der Waals surface area contributed by atoms with Gasteiger partial charge in [0.2, 0.25) is 0 Å². The summed E-state index contributed by atoms with van der Waals surface area (Å²) >= 11 is 0. The predicted octanol–water partition coefficient (Wildman–Crippen LogP) is 0.415. The first-order valence-corrected chi connectivity index (χ1v) is 3.24. The first-order chi connectivity index (χ1) is 2.27. The van der Waals surface area contributed by atoms with Crippen molar-refractivity contribution in [2.75, 3.05) is 0 Å². The molecule has 0 saturated heterocycles. The van der Waals surface area contributed by atoms with Gasteiger partial charge in [-0.1, -0.05) is 0 Å². The van der Waals surface area contributed by atoms with Crippen LogP contribution in [0.15, 0.2) is 0 Å². The molecule has 0 aromatic rings. The fourth-order valence-corrected chi connectivity index (χ4v) is 0. The summed E-state index contributed by atoms with van der Waals surface area (Å²) in [7, 11) is -2.88. The van der Waals surface area contributed by atoms with Gasteiger partial charge in [-0.25, -0.2) is 0 Å². The van der Waals surface area contributed by atoms with Crippen molar-refractivity contribution in [3.05, 3.63) is 0 Å². The first kappa shape index (κ1) is 5.21. The van der Waals surface area contributed by atoms with Crippen LogP contribution in [-0.2, 0) is 14.6 Å². The fourth-order valence-electron chi connectivity index (χ4n) is 0. The molecule has 0 amide bonds. The Kier molecular flexibility index (Phi) is 2.55. The summed E-state index contributed by atoms with van der Waals surface area (Å²) in [6, 6.07) is 0. The molecular weight excluding hydrogens is 111 g/mol. The van der Waals surface area contributed by atoms with Gasteiger partial charge in [-0.3, -0.25) is 0 Å². The van der Waals surface area contributed by atoms with Gasteiger partial charge in [0.1, 0.15) is 0 Å². The molecule has 5 heavy (non-hydrogen) atoms. The molecule has 30 valence electrons. The second-order valence-corrected chi connectivity index (χ2v) is 2.30. The zero-order valence-corrected chi connectivity index (χ0v) is 3.83. The molecule has 0 spiro atoms. The molecule has 5 heteroatoms. The summed E-state index contributed by atoms with van der Waals surface area (Å²) in [5.41, 5.74) is 0. The molecule has 0 unspecified atom stereocenters. The van der Waals surface area contributed by atoms with E-state index in [2.05, 4.69) is 0 Å². The van der Waals surface area contributed by atoms with Crippen LogP contribution in [0, 0.1) is 0 Å². The Labute approximate surface area is 31.3 Å². The molecule has 0 aliphatic rings. The van der Waals surface area contributed by atoms with Gasteiger partial charge in [0.25, 0.3) is 0 Å². The number of hydrogen-bond donors (Lipinski definition) is 1. The molecule has 0 radical (unpaired) electrons. The van der Waals surface area contributed by atoms with Gasteiger partial charge >= 0.3 is 30.4 Å². The second kappa shape index (κ2) is 2.45. The van der Waals surface area contributed by atoms with E-state index in [1.165, 1.54) is 0 Å². The minimum atomic E-state index is -2.16. The van der Waals surface area contributed by atoms with Crippen molar-refractivity contribution in [3.8, 4) is 0 Å². The Bertz CT molecular complexity index is 161. The van der Waals surface area contributed by atoms with Gasteiger partial charge in [-0.05, 0) is 0 Å². The SMILES string of the molecule is O=P#S(=O)O. The van der Waals surface area contributed by atoms with Gasteiger partial charge < -0.3 is 0 Å². The molecule has 0 aromatic carbocycles. The summed E-state index contributed by atoms with van der Waals surface area (Å²) in [4.78, 5) is 0. The van der Waals surface area contributed by atoms with Gasteiger partial charge in [0, 0.05) is 0 Å². The molecule has 0 heterocycles. The average Bonchev–Trinajstić information content (AvgIpc) is 1.38. The van der Waals surface area contributed by atoms with Crippen LogP contribution < -0.4 is 0 Å². The Balaban J connectivity index is 4.73. The van der Waals surface area contributed by atoms with Gasteiger partial charge in [-0.15, -0.1) is 0 Å². The summed E-state index contributed by atoms with van der Waals surface area (Å²) < 4.78 is 25.7. The normalized spacial score (nSPS) is 6.60. The molecule has 0 atom stereocenters. The van der Waals surface area contributed by atoms with Crippen LogP contribution >= 0.6 is 7.03 Å². The third-order valence-corrected chi connectivity index (χ3v) is 0.574. The van der Waals surface area contributed by atoms with E-state index < -0.39 is 17.1 Å². The van der Waals surface area contributed by atoms with Crippen LogP contribution in [0.2, 0.25) is 0 Å². The number of rotatable bonds is 0. The zero-order valence-electron chi connectivity index (χ0n) is 2.12. The minimum absolute atomic E-state index is 0.725. The molecule has 0 aromatic heterocycles. The Hall–Kier alpha value is 0.210. The van der Waals surface area contributed by atoms with E-state index in [-0.39, 0.29) is 0 Å². The van der Waals surface area contributed by atoms with Crippen LogP contribution in [0.4, 0.5) is 0 Å². The molecule has 0 fully saturated rings. The van der Waals surface area contributed by atoms with Crippen LogP contribution in [0.3, 0.4) is 0 Å². The van der Waals surface area contributed by atoms with Crippen molar-refractivity contribution in [2.24, 2.45) is 0 Å². The third kappa shape index (κ3) is 4.21. The maximum absolute atomic E-state index is 9.15. The molecule has 1 N–H and O–H groups in total. The Morgan fingerprint density at radius 1 is 1.80 bits per heavy atom. The Morgan fingerprint density at radius 3 is 2.00 bits per heavy atom. The van der Waals surface area contributed by atoms with Crippen LogP contribution in [-0.4, -0.2) is 8.76 Å². The average molecular weight is 112 g/mol. The van der Waals surface area contributed by atoms with Gasteiger partial charge in [-0.2, -0.15) is 0 Å². The Morgan fingerprint density at radius 2 is 2.00 bits per heavy atom. The van der Waals surface area contributed by atoms with E-state index in [4.69, 9.17) is 13.3 Å². The molecule has 0 saturated carbocycles. The van der Waals surface area contributed by atoms with Crippen molar-refractivity contribution < 1.29 is 13.3 Å². The van der Waals surface area contributed by atoms with Crippen molar-refractivity contribution in [2.45, 2.75) is 0 Å². The standard InChI is InChI=1S/HO3PS/c1-4-5(2)3/h(H,2,3). The molecule has 0 rings (SSSR count). The van der Waals surface area contributed by atoms with Crippen molar-refractivity contribution in [1.29, 1.82) is 0 Å². The van der Waals surface area contributed by atoms with Crippen LogP contribution in [0.25, 0.3) is 0 Å². The summed E-state index contributed by atoms with van der Waals surface area (Å²) in [5, 5.41) is 0. The van der Waals surface area contributed by atoms with Crippen LogP contribution in [0.1, 0.15) is 0 Å². The van der Waals surface area contributed by atoms with Crippen LogP contribution in [0.5, 0.6) is 0 Å². The quantitative estimate of drug-likeness (QED) is 0.365. The summed E-state index contributed by atoms with van der Waals surface area (Å²) in [6.07, 6.45) is 0. The van der Waals surface area contributed by atoms with E-state index in [9.17, 15) is 0 Å². The molecule has 0 aliphatic carbocycles. The van der Waals surface area contributed by atoms with Gasteiger partial charge in [0.05, 0.1) is 0 Å². The second-order valence-electron chi connectivity index (χ2n) is 0.305. The van der Waals surface area contributed by atoms with Crippen molar-refractivity contribution in [3.63, 3.8) is 0 Å². The number of hydrogen-bond acceptors (Lipinski definition) is 2. The first-order valence-electron chi connectivity index (χ1n) is 0.714. The molecular formula is HO3PS. The fraction of sp³-hybridized carbons (Fsp3) is 0. The molecule has 3 nitrogen and oxygen atoms in total. The molecule has 0 aliphatic heterocycles. The molecule has 0 bridgehead atoms. The van der Waals surface area contributed by atoms with E-state index in [1.807, 2.05) is 0 Å². The topological polar surface area (TPSA) is 54.4 Å². The van der Waals surface area contributed by atoms with E-state index in [1.54, 1.807) is 0 Å². The van der Waals surface area contributed by atoms with Crippen molar-refractivity contribution in [1.82, 2.24) is 0 Å². The zero-order chi connectivity index (χ0) is 4.28. The monoisotopic (exact) mass is 112 g/mol. The maximum atomic E-state index is 9.15.